The first kappa shape index (κ1) is 10.7. The van der Waals surface area contributed by atoms with Crippen LogP contribution in [0.4, 0.5) is 0 Å². The molecule has 0 aliphatic heterocycles. The molecule has 0 fully saturated rings. The number of fused-ring (bicyclic) bond motifs is 1. The van der Waals surface area contributed by atoms with Gasteiger partial charge in [0.05, 0.1) is 8.41 Å². The maximum atomic E-state index is 2.12. The zero-order chi connectivity index (χ0) is 6.81. The van der Waals surface area contributed by atoms with Crippen molar-refractivity contribution in [3.8, 4) is 0 Å². The summed E-state index contributed by atoms with van der Waals surface area (Å²) >= 11 is 0. The molecule has 0 aromatic heterocycles. The van der Waals surface area contributed by atoms with Crippen LogP contribution in [0.25, 0.3) is 10.8 Å². The monoisotopic (exact) mass is 159 g/mol. The maximum Gasteiger partial charge on any atom is 0.0814 e. The minimum absolute atomic E-state index is 0. The predicted molar refractivity (Wildman–Crippen MR) is 58.9 cm³/mol. The van der Waals surface area contributed by atoms with E-state index in [0.717, 1.165) is 0 Å². The molecule has 2 aromatic carbocycles. The Labute approximate surface area is 74.6 Å². The lowest BCUT2D eigenvalue weighted by Gasteiger charge is -1.92. The molecule has 0 spiro atoms. The van der Waals surface area contributed by atoms with E-state index >= 15 is 0 Å². The van der Waals surface area contributed by atoms with E-state index in [2.05, 4.69) is 48.5 Å². The number of hydrogen-bond donors (Lipinski definition) is 1. The lowest BCUT2D eigenvalue weighted by molar-refractivity contribution is 1.75. The Hall–Kier alpha value is -1.28. The first-order valence-corrected chi connectivity index (χ1v) is 3.40. The highest BCUT2D eigenvalue weighted by Gasteiger charge is 1.85. The predicted octanol–water partition coefficient (Wildman–Crippen LogP) is 1.82. The standard InChI is InChI=1S/C10H8.BH3.H3N/c1-2-6-10-8-4-3-7-9(10)5-1;;/h1-8H;2*1H3. The van der Waals surface area contributed by atoms with Crippen LogP contribution in [0.5, 0.6) is 0 Å². The molecule has 0 heterocycles. The van der Waals surface area contributed by atoms with Gasteiger partial charge in [-0.25, -0.2) is 0 Å². The Morgan fingerprint density at radius 1 is 0.583 bits per heavy atom. The molecule has 2 heteroatoms. The van der Waals surface area contributed by atoms with Gasteiger partial charge in [0.2, 0.25) is 0 Å². The Balaban J connectivity index is 0.000000605. The molecule has 12 heavy (non-hydrogen) atoms. The summed E-state index contributed by atoms with van der Waals surface area (Å²) in [5, 5.41) is 2.62. The minimum atomic E-state index is 0. The van der Waals surface area contributed by atoms with Gasteiger partial charge in [-0.15, -0.1) is 0 Å². The fourth-order valence-corrected chi connectivity index (χ4v) is 1.13. The first-order valence-electron chi connectivity index (χ1n) is 3.40. The molecular weight excluding hydrogens is 145 g/mol. The molecule has 0 saturated carbocycles. The highest BCUT2D eigenvalue weighted by molar-refractivity contribution is 5.81. The number of rotatable bonds is 0. The average molecular weight is 159 g/mol. The average Bonchev–Trinajstić information content (AvgIpc) is 2.05. The van der Waals surface area contributed by atoms with Crippen LogP contribution in [0.1, 0.15) is 0 Å². The topological polar surface area (TPSA) is 35.0 Å². The smallest absolute Gasteiger partial charge is 0.0814 e. The third-order valence-corrected chi connectivity index (χ3v) is 1.66. The van der Waals surface area contributed by atoms with Crippen LogP contribution >= 0.6 is 0 Å². The number of hydrogen-bond acceptors (Lipinski definition) is 1. The fourth-order valence-electron chi connectivity index (χ4n) is 1.13. The van der Waals surface area contributed by atoms with Crippen molar-refractivity contribution in [1.29, 1.82) is 0 Å². The van der Waals surface area contributed by atoms with Crippen LogP contribution in [0.2, 0.25) is 0 Å². The molecule has 0 unspecified atom stereocenters. The van der Waals surface area contributed by atoms with Gasteiger partial charge >= 0.3 is 0 Å². The summed E-state index contributed by atoms with van der Waals surface area (Å²) < 4.78 is 0. The van der Waals surface area contributed by atoms with Crippen molar-refractivity contribution < 1.29 is 0 Å². The van der Waals surface area contributed by atoms with Crippen LogP contribution < -0.4 is 6.15 Å². The van der Waals surface area contributed by atoms with Gasteiger partial charge in [0, 0.05) is 0 Å². The van der Waals surface area contributed by atoms with Crippen molar-refractivity contribution in [2.45, 2.75) is 0 Å². The van der Waals surface area contributed by atoms with Crippen molar-refractivity contribution in [2.75, 3.05) is 0 Å². The SMILES string of the molecule is B.N.c1ccc2ccccc2c1. The second-order valence-corrected chi connectivity index (χ2v) is 2.35. The Morgan fingerprint density at radius 2 is 0.833 bits per heavy atom. The van der Waals surface area contributed by atoms with Crippen LogP contribution in [0.15, 0.2) is 48.5 Å². The van der Waals surface area contributed by atoms with E-state index in [1.54, 1.807) is 0 Å². The second-order valence-electron chi connectivity index (χ2n) is 2.35. The summed E-state index contributed by atoms with van der Waals surface area (Å²) in [6.45, 7) is 0. The van der Waals surface area contributed by atoms with Crippen LogP contribution in [-0.2, 0) is 0 Å². The largest absolute Gasteiger partial charge is 0.344 e. The highest BCUT2D eigenvalue weighted by Crippen LogP contribution is 2.11. The van der Waals surface area contributed by atoms with Gasteiger partial charge in [-0.1, -0.05) is 48.5 Å². The molecule has 0 saturated heterocycles. The fraction of sp³-hybridized carbons (Fsp3) is 0. The summed E-state index contributed by atoms with van der Waals surface area (Å²) in [7, 11) is 0. The van der Waals surface area contributed by atoms with E-state index in [4.69, 9.17) is 0 Å². The third-order valence-electron chi connectivity index (χ3n) is 1.66. The summed E-state index contributed by atoms with van der Waals surface area (Å²) in [5.74, 6) is 0. The summed E-state index contributed by atoms with van der Waals surface area (Å²) in [4.78, 5) is 0. The Morgan fingerprint density at radius 3 is 1.08 bits per heavy atom. The van der Waals surface area contributed by atoms with Gasteiger partial charge in [-0.05, 0) is 10.8 Å². The lowest BCUT2D eigenvalue weighted by Crippen LogP contribution is -1.67. The number of benzene rings is 2. The molecule has 0 aliphatic rings. The summed E-state index contributed by atoms with van der Waals surface area (Å²) in [6, 6.07) is 16.7. The van der Waals surface area contributed by atoms with Crippen molar-refractivity contribution in [2.24, 2.45) is 0 Å². The molecule has 0 atom stereocenters. The van der Waals surface area contributed by atoms with Crippen molar-refractivity contribution in [3.05, 3.63) is 48.5 Å². The van der Waals surface area contributed by atoms with Crippen LogP contribution in [0.3, 0.4) is 0 Å². The van der Waals surface area contributed by atoms with Gasteiger partial charge in [0.25, 0.3) is 0 Å². The van der Waals surface area contributed by atoms with Crippen LogP contribution in [-0.4, -0.2) is 8.41 Å². The summed E-state index contributed by atoms with van der Waals surface area (Å²) in [5.41, 5.74) is 0. The first-order chi connectivity index (χ1) is 4.97. The maximum absolute atomic E-state index is 2.12. The van der Waals surface area contributed by atoms with Gasteiger partial charge < -0.3 is 6.15 Å². The normalized spacial score (nSPS) is 8.33. The van der Waals surface area contributed by atoms with Gasteiger partial charge in [0.15, 0.2) is 0 Å². The molecule has 2 aromatic rings. The molecule has 0 radical (unpaired) electrons. The molecule has 0 aliphatic carbocycles. The lowest BCUT2D eigenvalue weighted by atomic mass is 10.1. The molecule has 0 bridgehead atoms. The zero-order valence-electron chi connectivity index (χ0n) is 6.33. The van der Waals surface area contributed by atoms with Gasteiger partial charge in [-0.3, -0.25) is 0 Å². The molecular formula is C10H14BN. The molecule has 1 nitrogen and oxygen atoms in total. The molecule has 3 N–H and O–H groups in total. The zero-order valence-corrected chi connectivity index (χ0v) is 6.33. The summed E-state index contributed by atoms with van der Waals surface area (Å²) in [6.07, 6.45) is 0. The van der Waals surface area contributed by atoms with E-state index in [9.17, 15) is 0 Å². The minimum Gasteiger partial charge on any atom is -0.344 e. The highest BCUT2D eigenvalue weighted by atomic mass is 14.0. The van der Waals surface area contributed by atoms with E-state index in [1.165, 1.54) is 10.8 Å². The van der Waals surface area contributed by atoms with Crippen molar-refractivity contribution >= 4 is 19.2 Å². The molecule has 62 valence electrons. The molecule has 2 rings (SSSR count). The van der Waals surface area contributed by atoms with Gasteiger partial charge in [-0.2, -0.15) is 0 Å². The van der Waals surface area contributed by atoms with Crippen molar-refractivity contribution in [1.82, 2.24) is 6.15 Å². The van der Waals surface area contributed by atoms with E-state index in [0.29, 0.717) is 0 Å². The van der Waals surface area contributed by atoms with Crippen LogP contribution in [0, 0.1) is 0 Å². The van der Waals surface area contributed by atoms with Crippen molar-refractivity contribution in [3.63, 3.8) is 0 Å². The van der Waals surface area contributed by atoms with E-state index in [-0.39, 0.29) is 14.6 Å². The third kappa shape index (κ3) is 1.86. The second kappa shape index (κ2) is 4.57. The quantitative estimate of drug-likeness (QED) is 0.584. The Kier molecular flexibility index (Phi) is 4.09. The molecule has 0 amide bonds. The van der Waals surface area contributed by atoms with Gasteiger partial charge in [0.1, 0.15) is 0 Å². The van der Waals surface area contributed by atoms with E-state index in [1.807, 2.05) is 0 Å². The Bertz CT molecular complexity index is 281. The van der Waals surface area contributed by atoms with E-state index < -0.39 is 0 Å².